The Bertz CT molecular complexity index is 1210. The van der Waals surface area contributed by atoms with Crippen molar-refractivity contribution in [3.05, 3.63) is 46.2 Å². The normalized spacial score (nSPS) is 21.8. The predicted octanol–water partition coefficient (Wildman–Crippen LogP) is 2.48. The topological polar surface area (TPSA) is 95.6 Å². The quantitative estimate of drug-likeness (QED) is 0.733. The lowest BCUT2D eigenvalue weighted by Crippen LogP contribution is -2.38. The molecule has 2 atom stereocenters. The Morgan fingerprint density at radius 2 is 2.18 bits per heavy atom. The number of methoxy groups -OCH3 is 1. The number of carboxylic acids is 1. The number of benzene rings is 1. The molecular weight excluding hydrogens is 362 g/mol. The van der Waals surface area contributed by atoms with E-state index in [-0.39, 0.29) is 17.6 Å². The number of hydrogen-bond donors (Lipinski definition) is 1. The number of aromatic nitrogens is 3. The Kier molecular flexibility index (Phi) is 3.31. The molecule has 5 rings (SSSR count). The van der Waals surface area contributed by atoms with Crippen molar-refractivity contribution in [1.82, 2.24) is 14.3 Å². The van der Waals surface area contributed by atoms with Crippen LogP contribution in [0, 0.1) is 0 Å². The van der Waals surface area contributed by atoms with Crippen LogP contribution in [0.15, 0.2) is 35.3 Å². The minimum absolute atomic E-state index is 0.126. The van der Waals surface area contributed by atoms with Gasteiger partial charge >= 0.3 is 5.97 Å². The molecule has 0 bridgehead atoms. The van der Waals surface area contributed by atoms with Crippen molar-refractivity contribution >= 4 is 16.9 Å². The average molecular weight is 381 g/mol. The van der Waals surface area contributed by atoms with Gasteiger partial charge in [-0.15, -0.1) is 0 Å². The monoisotopic (exact) mass is 381 g/mol. The highest BCUT2D eigenvalue weighted by molar-refractivity contribution is 5.97. The summed E-state index contributed by atoms with van der Waals surface area (Å²) >= 11 is 0. The molecule has 1 fully saturated rings. The fourth-order valence-corrected chi connectivity index (χ4v) is 4.55. The molecule has 4 heterocycles. The molecule has 2 aromatic heterocycles. The van der Waals surface area contributed by atoms with Crippen LogP contribution in [0.3, 0.4) is 0 Å². The van der Waals surface area contributed by atoms with Crippen molar-refractivity contribution in [2.45, 2.75) is 31.5 Å². The summed E-state index contributed by atoms with van der Waals surface area (Å²) in [6.45, 7) is 4.37. The number of ether oxygens (including phenoxy) is 2. The van der Waals surface area contributed by atoms with Crippen LogP contribution in [0.1, 0.15) is 36.3 Å². The van der Waals surface area contributed by atoms with Gasteiger partial charge in [-0.1, -0.05) is 12.1 Å². The molecule has 3 aromatic rings. The number of rotatable bonds is 2. The summed E-state index contributed by atoms with van der Waals surface area (Å²) in [6, 6.07) is 6.71. The highest BCUT2D eigenvalue weighted by Gasteiger charge is 2.50. The number of aromatic carboxylic acids is 1. The van der Waals surface area contributed by atoms with Gasteiger partial charge in [-0.2, -0.15) is 5.10 Å². The van der Waals surface area contributed by atoms with Gasteiger partial charge in [0.1, 0.15) is 16.8 Å². The zero-order chi connectivity index (χ0) is 19.8. The molecule has 2 aliphatic heterocycles. The molecule has 144 valence electrons. The van der Waals surface area contributed by atoms with Gasteiger partial charge < -0.3 is 19.1 Å². The highest BCUT2D eigenvalue weighted by atomic mass is 16.5. The Hall–Kier alpha value is -3.13. The third kappa shape index (κ3) is 2.06. The fourth-order valence-electron chi connectivity index (χ4n) is 4.55. The van der Waals surface area contributed by atoms with Crippen LogP contribution >= 0.6 is 0 Å². The van der Waals surface area contributed by atoms with Crippen LogP contribution in [0.4, 0.5) is 0 Å². The van der Waals surface area contributed by atoms with Crippen molar-refractivity contribution in [2.75, 3.05) is 13.7 Å². The lowest BCUT2D eigenvalue weighted by molar-refractivity contribution is 0.0145. The van der Waals surface area contributed by atoms with Crippen molar-refractivity contribution < 1.29 is 19.4 Å². The molecular formula is C20H19N3O5. The third-order valence-electron chi connectivity index (χ3n) is 5.78. The summed E-state index contributed by atoms with van der Waals surface area (Å²) in [7, 11) is 1.59. The van der Waals surface area contributed by atoms with E-state index in [0.29, 0.717) is 23.6 Å². The summed E-state index contributed by atoms with van der Waals surface area (Å²) in [5, 5.41) is 15.1. The first-order valence-corrected chi connectivity index (χ1v) is 9.02. The van der Waals surface area contributed by atoms with Crippen LogP contribution in [0.5, 0.6) is 5.75 Å². The van der Waals surface area contributed by atoms with E-state index in [1.54, 1.807) is 7.11 Å². The maximum Gasteiger partial charge on any atom is 0.341 e. The van der Waals surface area contributed by atoms with Gasteiger partial charge in [0.25, 0.3) is 0 Å². The Morgan fingerprint density at radius 3 is 2.89 bits per heavy atom. The molecule has 2 aliphatic rings. The van der Waals surface area contributed by atoms with Crippen molar-refractivity contribution in [3.63, 3.8) is 0 Å². The predicted molar refractivity (Wildman–Crippen MR) is 101 cm³/mol. The van der Waals surface area contributed by atoms with Gasteiger partial charge in [0, 0.05) is 17.6 Å². The number of fused-ring (bicyclic) bond motifs is 8. The molecule has 0 radical (unpaired) electrons. The molecule has 1 N–H and O–H groups in total. The van der Waals surface area contributed by atoms with E-state index in [0.717, 1.165) is 11.1 Å². The first-order valence-electron chi connectivity index (χ1n) is 9.02. The lowest BCUT2D eigenvalue weighted by atomic mass is 9.91. The van der Waals surface area contributed by atoms with E-state index in [4.69, 9.17) is 14.6 Å². The molecule has 8 heteroatoms. The standard InChI is InChI=1S/C20H19N3O5/c1-20(2)18-13(9-28-20)23-17(10-5-4-6-15(27-3)16(10)21-23)12-7-14(24)11(19(25)26)8-22(12)18/h4-8,13,18H,9H2,1-3H3,(H,25,26)/t13-,18-/m1/s1. The number of hydrogen-bond acceptors (Lipinski definition) is 5. The molecule has 0 spiro atoms. The first kappa shape index (κ1) is 17.0. The molecule has 1 saturated heterocycles. The van der Waals surface area contributed by atoms with Gasteiger partial charge in [0.2, 0.25) is 0 Å². The zero-order valence-electron chi connectivity index (χ0n) is 15.7. The summed E-state index contributed by atoms with van der Waals surface area (Å²) in [5.41, 5.74) is 0.768. The maximum atomic E-state index is 12.5. The van der Waals surface area contributed by atoms with Crippen LogP contribution < -0.4 is 10.2 Å². The van der Waals surface area contributed by atoms with Gasteiger partial charge in [-0.3, -0.25) is 9.48 Å². The van der Waals surface area contributed by atoms with Crippen molar-refractivity contribution in [3.8, 4) is 17.1 Å². The van der Waals surface area contributed by atoms with E-state index < -0.39 is 17.0 Å². The van der Waals surface area contributed by atoms with E-state index in [2.05, 4.69) is 0 Å². The Morgan fingerprint density at radius 1 is 1.39 bits per heavy atom. The second-order valence-corrected chi connectivity index (χ2v) is 7.73. The number of carboxylic acid groups (broad SMARTS) is 1. The largest absolute Gasteiger partial charge is 0.494 e. The van der Waals surface area contributed by atoms with E-state index >= 15 is 0 Å². The summed E-state index contributed by atoms with van der Waals surface area (Å²) < 4.78 is 15.3. The molecule has 0 unspecified atom stereocenters. The third-order valence-corrected chi connectivity index (χ3v) is 5.78. The Labute approximate surface area is 159 Å². The second kappa shape index (κ2) is 5.45. The van der Waals surface area contributed by atoms with E-state index in [1.165, 1.54) is 12.3 Å². The van der Waals surface area contributed by atoms with Crippen LogP contribution in [0.2, 0.25) is 0 Å². The van der Waals surface area contributed by atoms with Crippen molar-refractivity contribution in [2.24, 2.45) is 0 Å². The molecule has 1 aromatic carbocycles. The van der Waals surface area contributed by atoms with Gasteiger partial charge in [0.15, 0.2) is 5.43 Å². The highest BCUT2D eigenvalue weighted by Crippen LogP contribution is 2.50. The molecule has 0 aliphatic carbocycles. The van der Waals surface area contributed by atoms with Gasteiger partial charge in [-0.05, 0) is 19.9 Å². The molecule has 0 amide bonds. The molecule has 0 saturated carbocycles. The summed E-state index contributed by atoms with van der Waals surface area (Å²) in [4.78, 5) is 24.1. The van der Waals surface area contributed by atoms with E-state index in [9.17, 15) is 14.7 Å². The first-order chi connectivity index (χ1) is 13.3. The van der Waals surface area contributed by atoms with Gasteiger partial charge in [-0.25, -0.2) is 4.79 Å². The van der Waals surface area contributed by atoms with Crippen LogP contribution in [-0.2, 0) is 4.74 Å². The fraction of sp³-hybridized carbons (Fsp3) is 0.350. The number of nitrogens with zero attached hydrogens (tertiary/aromatic N) is 3. The average Bonchev–Trinajstić information content (AvgIpc) is 3.19. The molecule has 8 nitrogen and oxygen atoms in total. The van der Waals surface area contributed by atoms with Crippen molar-refractivity contribution in [1.29, 1.82) is 0 Å². The van der Waals surface area contributed by atoms with Gasteiger partial charge in [0.05, 0.1) is 42.8 Å². The number of pyridine rings is 1. The lowest BCUT2D eigenvalue weighted by Gasteiger charge is -2.37. The summed E-state index contributed by atoms with van der Waals surface area (Å²) in [6.07, 6.45) is 1.44. The van der Waals surface area contributed by atoms with E-state index in [1.807, 2.05) is 41.3 Å². The SMILES string of the molecule is COc1cccc2c3n(nc12)[C@@H]1COC(C)(C)[C@@H]1n1cc(C(=O)O)c(=O)cc1-3. The minimum atomic E-state index is -1.24. The second-order valence-electron chi connectivity index (χ2n) is 7.73. The molecule has 28 heavy (non-hydrogen) atoms. The van der Waals surface area contributed by atoms with Crippen LogP contribution in [0.25, 0.3) is 22.3 Å². The Balaban J connectivity index is 1.91. The smallest absolute Gasteiger partial charge is 0.341 e. The summed E-state index contributed by atoms with van der Waals surface area (Å²) in [5.74, 6) is -0.593. The zero-order valence-corrected chi connectivity index (χ0v) is 15.7. The maximum absolute atomic E-state index is 12.5. The van der Waals surface area contributed by atoms with Crippen LogP contribution in [-0.4, -0.2) is 44.7 Å². The minimum Gasteiger partial charge on any atom is -0.494 e. The number of carbonyl (C=O) groups is 1.